The number of aromatic amines is 1. The van der Waals surface area contributed by atoms with Gasteiger partial charge in [0.2, 0.25) is 0 Å². The number of amides is 1. The summed E-state index contributed by atoms with van der Waals surface area (Å²) in [5, 5.41) is 17.6. The number of nitrogens with one attached hydrogen (secondary N) is 2. The molecule has 6 nitrogen and oxygen atoms in total. The van der Waals surface area contributed by atoms with Gasteiger partial charge in [-0.1, -0.05) is 12.1 Å². The van der Waals surface area contributed by atoms with Crippen LogP contribution >= 0.6 is 0 Å². The zero-order valence-electron chi connectivity index (χ0n) is 8.77. The summed E-state index contributed by atoms with van der Waals surface area (Å²) in [6, 6.07) is 10.1. The van der Waals surface area contributed by atoms with Crippen LogP contribution in [0, 0.1) is 11.3 Å². The van der Waals surface area contributed by atoms with Crippen LogP contribution in [0.25, 0.3) is 0 Å². The van der Waals surface area contributed by atoms with Crippen LogP contribution in [0.3, 0.4) is 0 Å². The number of H-pyrrole nitrogens is 1. The lowest BCUT2D eigenvalue weighted by atomic mass is 10.2. The molecule has 0 spiro atoms. The summed E-state index contributed by atoms with van der Waals surface area (Å²) in [5.74, 6) is -0.152. The highest BCUT2D eigenvalue weighted by molar-refractivity contribution is 6.03. The van der Waals surface area contributed by atoms with Gasteiger partial charge in [0.15, 0.2) is 0 Å². The molecular weight excluding hydrogens is 218 g/mol. The Balaban J connectivity index is 2.22. The second-order valence-corrected chi connectivity index (χ2v) is 3.32. The first kappa shape index (κ1) is 10.7. The first-order valence-electron chi connectivity index (χ1n) is 4.82. The van der Waals surface area contributed by atoms with E-state index in [0.717, 1.165) is 0 Å². The topological polar surface area (TPSA) is 108 Å². The number of para-hydroxylation sites is 1. The number of nitrogens with two attached hydrogens (primary N) is 1. The van der Waals surface area contributed by atoms with Crippen LogP contribution in [-0.2, 0) is 0 Å². The van der Waals surface area contributed by atoms with Crippen molar-refractivity contribution in [1.29, 1.82) is 5.26 Å². The number of anilines is 2. The number of rotatable bonds is 2. The van der Waals surface area contributed by atoms with Crippen LogP contribution in [-0.4, -0.2) is 16.1 Å². The molecule has 0 saturated heterocycles. The Morgan fingerprint density at radius 3 is 2.88 bits per heavy atom. The number of carbonyl (C=O) groups is 1. The zero-order valence-corrected chi connectivity index (χ0v) is 8.77. The quantitative estimate of drug-likeness (QED) is 0.714. The number of aromatic nitrogens is 2. The predicted octanol–water partition coefficient (Wildman–Crippen LogP) is 1.12. The first-order valence-corrected chi connectivity index (χ1v) is 4.82. The van der Waals surface area contributed by atoms with E-state index in [1.54, 1.807) is 24.3 Å². The molecule has 1 amide bonds. The summed E-state index contributed by atoms with van der Waals surface area (Å²) in [5.41, 5.74) is 6.49. The highest BCUT2D eigenvalue weighted by Gasteiger charge is 2.10. The number of hydrogen-bond acceptors (Lipinski definition) is 4. The van der Waals surface area contributed by atoms with Gasteiger partial charge in [-0.3, -0.25) is 9.89 Å². The fourth-order valence-corrected chi connectivity index (χ4v) is 1.33. The lowest BCUT2D eigenvalue weighted by Crippen LogP contribution is -2.13. The van der Waals surface area contributed by atoms with E-state index in [1.807, 2.05) is 6.07 Å². The fraction of sp³-hybridized carbons (Fsp3) is 0. The van der Waals surface area contributed by atoms with Crippen molar-refractivity contribution in [3.05, 3.63) is 41.6 Å². The summed E-state index contributed by atoms with van der Waals surface area (Å²) in [4.78, 5) is 11.7. The average molecular weight is 227 g/mol. The molecule has 2 aromatic rings. The number of nitriles is 1. The molecule has 0 fully saturated rings. The molecule has 2 rings (SSSR count). The Morgan fingerprint density at radius 2 is 2.24 bits per heavy atom. The minimum atomic E-state index is -0.392. The van der Waals surface area contributed by atoms with E-state index in [1.165, 1.54) is 6.07 Å². The van der Waals surface area contributed by atoms with Crippen LogP contribution in [0.5, 0.6) is 0 Å². The van der Waals surface area contributed by atoms with Gasteiger partial charge >= 0.3 is 0 Å². The third-order valence-electron chi connectivity index (χ3n) is 2.14. The Hall–Kier alpha value is -2.81. The van der Waals surface area contributed by atoms with Gasteiger partial charge in [0.25, 0.3) is 5.91 Å². The fourth-order valence-electron chi connectivity index (χ4n) is 1.33. The Morgan fingerprint density at radius 1 is 1.47 bits per heavy atom. The number of benzene rings is 1. The molecular formula is C11H9N5O. The SMILES string of the molecule is N#Cc1ccccc1NC(=O)c1cc(N)n[nH]1. The maximum absolute atomic E-state index is 11.7. The Kier molecular flexibility index (Phi) is 2.75. The molecule has 4 N–H and O–H groups in total. The van der Waals surface area contributed by atoms with E-state index in [-0.39, 0.29) is 11.5 Å². The first-order chi connectivity index (χ1) is 8.20. The third kappa shape index (κ3) is 2.23. The Labute approximate surface area is 97.1 Å². The van der Waals surface area contributed by atoms with Crippen LogP contribution in [0.2, 0.25) is 0 Å². The van der Waals surface area contributed by atoms with Crippen molar-refractivity contribution in [3.63, 3.8) is 0 Å². The van der Waals surface area contributed by atoms with Gasteiger partial charge in [0, 0.05) is 6.07 Å². The number of nitrogen functional groups attached to an aromatic ring is 1. The highest BCUT2D eigenvalue weighted by atomic mass is 16.1. The lowest BCUT2D eigenvalue weighted by molar-refractivity contribution is 0.102. The van der Waals surface area contributed by atoms with E-state index in [9.17, 15) is 4.79 Å². The van der Waals surface area contributed by atoms with Crippen molar-refractivity contribution in [2.75, 3.05) is 11.1 Å². The zero-order chi connectivity index (χ0) is 12.3. The summed E-state index contributed by atoms with van der Waals surface area (Å²) in [7, 11) is 0. The smallest absolute Gasteiger partial charge is 0.273 e. The number of hydrogen-bond donors (Lipinski definition) is 3. The van der Waals surface area contributed by atoms with Gasteiger partial charge in [0.1, 0.15) is 17.6 Å². The van der Waals surface area contributed by atoms with E-state index in [0.29, 0.717) is 11.3 Å². The van der Waals surface area contributed by atoms with Crippen LogP contribution in [0.15, 0.2) is 30.3 Å². The standard InChI is InChI=1S/C11H9N5O/c12-6-7-3-1-2-4-8(7)14-11(17)9-5-10(13)16-15-9/h1-5H,(H,14,17)(H3,13,15,16). The van der Waals surface area contributed by atoms with Crippen molar-refractivity contribution >= 4 is 17.4 Å². The van der Waals surface area contributed by atoms with Crippen molar-refractivity contribution in [2.45, 2.75) is 0 Å². The van der Waals surface area contributed by atoms with Crippen molar-refractivity contribution < 1.29 is 4.79 Å². The van der Waals surface area contributed by atoms with Gasteiger partial charge in [-0.2, -0.15) is 10.4 Å². The van der Waals surface area contributed by atoms with Gasteiger partial charge in [-0.05, 0) is 12.1 Å². The molecule has 6 heteroatoms. The van der Waals surface area contributed by atoms with Gasteiger partial charge in [-0.15, -0.1) is 0 Å². The van der Waals surface area contributed by atoms with E-state index in [4.69, 9.17) is 11.0 Å². The molecule has 17 heavy (non-hydrogen) atoms. The van der Waals surface area contributed by atoms with E-state index < -0.39 is 5.91 Å². The Bertz CT molecular complexity index is 596. The van der Waals surface area contributed by atoms with Gasteiger partial charge in [0.05, 0.1) is 11.3 Å². The highest BCUT2D eigenvalue weighted by Crippen LogP contribution is 2.14. The van der Waals surface area contributed by atoms with Crippen LogP contribution < -0.4 is 11.1 Å². The summed E-state index contributed by atoms with van der Waals surface area (Å²) in [6.07, 6.45) is 0. The van der Waals surface area contributed by atoms with Crippen LogP contribution in [0.1, 0.15) is 16.1 Å². The van der Waals surface area contributed by atoms with E-state index >= 15 is 0 Å². The van der Waals surface area contributed by atoms with Crippen molar-refractivity contribution in [2.24, 2.45) is 0 Å². The minimum Gasteiger partial charge on any atom is -0.382 e. The second-order valence-electron chi connectivity index (χ2n) is 3.32. The largest absolute Gasteiger partial charge is 0.382 e. The predicted molar refractivity (Wildman–Crippen MR) is 62.1 cm³/mol. The minimum absolute atomic E-state index is 0.240. The normalized spacial score (nSPS) is 9.59. The molecule has 1 aromatic carbocycles. The summed E-state index contributed by atoms with van der Waals surface area (Å²) in [6.45, 7) is 0. The molecule has 0 saturated carbocycles. The van der Waals surface area contributed by atoms with Crippen LogP contribution in [0.4, 0.5) is 11.5 Å². The van der Waals surface area contributed by atoms with Crippen molar-refractivity contribution in [3.8, 4) is 6.07 Å². The van der Waals surface area contributed by atoms with Crippen molar-refractivity contribution in [1.82, 2.24) is 10.2 Å². The summed E-state index contributed by atoms with van der Waals surface area (Å²) < 4.78 is 0. The maximum Gasteiger partial charge on any atom is 0.273 e. The van der Waals surface area contributed by atoms with E-state index in [2.05, 4.69) is 15.5 Å². The lowest BCUT2D eigenvalue weighted by Gasteiger charge is -2.04. The number of carbonyl (C=O) groups excluding carboxylic acids is 1. The molecule has 0 unspecified atom stereocenters. The van der Waals surface area contributed by atoms with Gasteiger partial charge in [-0.25, -0.2) is 0 Å². The molecule has 0 aliphatic carbocycles. The second kappa shape index (κ2) is 4.37. The third-order valence-corrected chi connectivity index (χ3v) is 2.14. The molecule has 0 aliphatic rings. The molecule has 0 aliphatic heterocycles. The summed E-state index contributed by atoms with van der Waals surface area (Å²) >= 11 is 0. The molecule has 1 aromatic heterocycles. The molecule has 0 atom stereocenters. The molecule has 84 valence electrons. The molecule has 0 bridgehead atoms. The average Bonchev–Trinajstić information content (AvgIpc) is 2.77. The van der Waals surface area contributed by atoms with Gasteiger partial charge < -0.3 is 11.1 Å². The molecule has 0 radical (unpaired) electrons. The monoisotopic (exact) mass is 227 g/mol. The maximum atomic E-state index is 11.7. The molecule has 1 heterocycles. The number of nitrogens with zero attached hydrogens (tertiary/aromatic N) is 2.